The number of sulfone groups is 1. The van der Waals surface area contributed by atoms with Crippen LogP contribution in [0.2, 0.25) is 0 Å². The Kier molecular flexibility index (Phi) is 7.80. The van der Waals surface area contributed by atoms with Crippen LogP contribution in [0.5, 0.6) is 5.75 Å². The van der Waals surface area contributed by atoms with E-state index in [0.29, 0.717) is 42.6 Å². The molecular weight excluding hydrogens is 561 g/mol. The third kappa shape index (κ3) is 6.23. The number of hydroxylamine groups is 1. The van der Waals surface area contributed by atoms with E-state index < -0.39 is 34.1 Å². The van der Waals surface area contributed by atoms with Crippen molar-refractivity contribution >= 4 is 21.7 Å². The highest BCUT2D eigenvalue weighted by molar-refractivity contribution is 7.90. The van der Waals surface area contributed by atoms with Crippen LogP contribution in [0.25, 0.3) is 11.1 Å². The van der Waals surface area contributed by atoms with E-state index in [1.54, 1.807) is 59.5 Å². The van der Waals surface area contributed by atoms with Crippen molar-refractivity contribution in [3.63, 3.8) is 0 Å². The lowest BCUT2D eigenvalue weighted by Crippen LogP contribution is -2.52. The Balaban J connectivity index is 1.38. The molecule has 1 saturated heterocycles. The van der Waals surface area contributed by atoms with Crippen LogP contribution >= 0.6 is 0 Å². The third-order valence-corrected chi connectivity index (χ3v) is 8.52. The Morgan fingerprint density at radius 2 is 1.59 bits per heavy atom. The van der Waals surface area contributed by atoms with E-state index in [4.69, 9.17) is 9.57 Å². The van der Waals surface area contributed by atoms with Gasteiger partial charge in [0.15, 0.2) is 15.6 Å². The van der Waals surface area contributed by atoms with E-state index in [1.807, 2.05) is 6.07 Å². The highest BCUT2D eigenvalue weighted by atomic mass is 32.2. The zero-order valence-electron chi connectivity index (χ0n) is 21.9. The number of piperidine rings is 1. The average molecular weight is 589 g/mol. The zero-order chi connectivity index (χ0) is 29.4. The van der Waals surface area contributed by atoms with Crippen molar-refractivity contribution in [1.82, 2.24) is 10.4 Å². The summed E-state index contributed by atoms with van der Waals surface area (Å²) >= 11 is 0. The van der Waals surface area contributed by atoms with Gasteiger partial charge in [-0.05, 0) is 60.2 Å². The summed E-state index contributed by atoms with van der Waals surface area (Å²) in [7, 11) is -3.38. The number of nitrogens with one attached hydrogen (secondary N) is 1. The molecule has 1 N–H and O–H groups in total. The van der Waals surface area contributed by atoms with E-state index in [9.17, 15) is 31.2 Å². The van der Waals surface area contributed by atoms with Gasteiger partial charge in [-0.3, -0.25) is 4.79 Å². The molecule has 5 rings (SSSR count). The molecule has 1 fully saturated rings. The molecule has 0 bridgehead atoms. The Morgan fingerprint density at radius 1 is 0.951 bits per heavy atom. The van der Waals surface area contributed by atoms with Crippen molar-refractivity contribution in [3.05, 3.63) is 83.9 Å². The zero-order valence-corrected chi connectivity index (χ0v) is 22.7. The standard InChI is InChI=1S/C29H27F3N2O6S/c1-41(37,38)22-10-7-18(8-11-22)21-9-12-23-24(17-21)40-33-25(26(23)39-28(36)29(30,31)32)19-13-15-34(16-14-19)27(35)20-5-3-2-4-6-20/h2-12,17,19,25-26,33H,13-16H2,1H3. The first-order chi connectivity index (χ1) is 19.4. The maximum atomic E-state index is 13.2. The van der Waals surface area contributed by atoms with E-state index in [0.717, 1.165) is 6.26 Å². The highest BCUT2D eigenvalue weighted by Gasteiger charge is 2.47. The summed E-state index contributed by atoms with van der Waals surface area (Å²) in [4.78, 5) is 32.4. The van der Waals surface area contributed by atoms with Gasteiger partial charge < -0.3 is 14.5 Å². The molecule has 0 aromatic heterocycles. The molecular formula is C29H27F3N2O6S. The van der Waals surface area contributed by atoms with Gasteiger partial charge in [-0.1, -0.05) is 42.5 Å². The summed E-state index contributed by atoms with van der Waals surface area (Å²) < 4.78 is 68.3. The second kappa shape index (κ2) is 11.2. The number of halogens is 3. The summed E-state index contributed by atoms with van der Waals surface area (Å²) in [5.74, 6) is -2.50. The monoisotopic (exact) mass is 588 g/mol. The largest absolute Gasteiger partial charge is 0.490 e. The molecule has 216 valence electrons. The number of benzene rings is 3. The fourth-order valence-corrected chi connectivity index (χ4v) is 5.84. The molecule has 2 atom stereocenters. The lowest BCUT2D eigenvalue weighted by Gasteiger charge is -2.41. The first kappa shape index (κ1) is 28.6. The molecule has 2 aliphatic heterocycles. The number of nitrogens with zero attached hydrogens (tertiary/aromatic N) is 1. The highest BCUT2D eigenvalue weighted by Crippen LogP contribution is 2.42. The van der Waals surface area contributed by atoms with Crippen molar-refractivity contribution in [2.75, 3.05) is 19.3 Å². The van der Waals surface area contributed by atoms with Crippen LogP contribution in [0.15, 0.2) is 77.7 Å². The summed E-state index contributed by atoms with van der Waals surface area (Å²) in [5.41, 5.74) is 4.91. The van der Waals surface area contributed by atoms with Crippen LogP contribution < -0.4 is 10.3 Å². The first-order valence-corrected chi connectivity index (χ1v) is 14.8. The minimum Gasteiger partial charge on any atom is -0.449 e. The lowest BCUT2D eigenvalue weighted by molar-refractivity contribution is -0.209. The fraction of sp³-hybridized carbons (Fsp3) is 0.310. The predicted octanol–water partition coefficient (Wildman–Crippen LogP) is 4.72. The van der Waals surface area contributed by atoms with Crippen molar-refractivity contribution in [2.45, 2.75) is 36.1 Å². The molecule has 0 radical (unpaired) electrons. The fourth-order valence-electron chi connectivity index (χ4n) is 5.21. The van der Waals surface area contributed by atoms with Crippen LogP contribution in [0.3, 0.4) is 0 Å². The first-order valence-electron chi connectivity index (χ1n) is 12.9. The van der Waals surface area contributed by atoms with E-state index >= 15 is 0 Å². The number of ether oxygens (including phenoxy) is 1. The van der Waals surface area contributed by atoms with Crippen LogP contribution in [-0.2, 0) is 19.4 Å². The average Bonchev–Trinajstić information content (AvgIpc) is 2.96. The van der Waals surface area contributed by atoms with Gasteiger partial charge in [0.05, 0.1) is 10.9 Å². The number of hydrogen-bond donors (Lipinski definition) is 1. The van der Waals surface area contributed by atoms with Crippen molar-refractivity contribution in [3.8, 4) is 16.9 Å². The van der Waals surface area contributed by atoms with Crippen molar-refractivity contribution in [1.29, 1.82) is 0 Å². The van der Waals surface area contributed by atoms with E-state index in [-0.39, 0.29) is 28.0 Å². The Bertz CT molecular complexity index is 1540. The number of alkyl halides is 3. The molecule has 3 aromatic carbocycles. The lowest BCUT2D eigenvalue weighted by atomic mass is 9.83. The van der Waals surface area contributed by atoms with Crippen molar-refractivity contribution < 1.29 is 40.8 Å². The molecule has 2 unspecified atom stereocenters. The molecule has 0 spiro atoms. The van der Waals surface area contributed by atoms with Crippen LogP contribution in [0.1, 0.15) is 34.9 Å². The molecule has 2 heterocycles. The van der Waals surface area contributed by atoms with Gasteiger partial charge in [0.2, 0.25) is 0 Å². The molecule has 8 nitrogen and oxygen atoms in total. The molecule has 2 aliphatic rings. The number of fused-ring (bicyclic) bond motifs is 1. The SMILES string of the molecule is CS(=O)(=O)c1ccc(-c2ccc3c(c2)ONC(C2CCN(C(=O)c4ccccc4)CC2)C3OC(=O)C(F)(F)F)cc1. The molecule has 0 aliphatic carbocycles. The summed E-state index contributed by atoms with van der Waals surface area (Å²) in [5, 5.41) is 0. The van der Waals surface area contributed by atoms with Crippen molar-refractivity contribution in [2.24, 2.45) is 5.92 Å². The normalized spacial score (nSPS) is 19.7. The number of rotatable bonds is 5. The molecule has 41 heavy (non-hydrogen) atoms. The summed E-state index contributed by atoms with van der Waals surface area (Å²) in [6, 6.07) is 19.0. The second-order valence-corrected chi connectivity index (χ2v) is 12.1. The summed E-state index contributed by atoms with van der Waals surface area (Å²) in [6.45, 7) is 0.761. The number of likely N-dealkylation sites (tertiary alicyclic amines) is 1. The number of esters is 1. The van der Waals surface area contributed by atoms with Gasteiger partial charge in [0, 0.05) is 30.5 Å². The van der Waals surface area contributed by atoms with Crippen LogP contribution in [0, 0.1) is 5.92 Å². The number of carbonyl (C=O) groups is 2. The van der Waals surface area contributed by atoms with Gasteiger partial charge >= 0.3 is 12.1 Å². The molecule has 12 heteroatoms. The van der Waals surface area contributed by atoms with E-state index in [2.05, 4.69) is 5.48 Å². The Hall–Kier alpha value is -3.90. The van der Waals surface area contributed by atoms with Gasteiger partial charge in [-0.25, -0.2) is 13.2 Å². The number of carbonyl (C=O) groups excluding carboxylic acids is 2. The quantitative estimate of drug-likeness (QED) is 0.431. The van der Waals surface area contributed by atoms with Gasteiger partial charge in [0.1, 0.15) is 6.10 Å². The minimum absolute atomic E-state index is 0.126. The smallest absolute Gasteiger partial charge is 0.449 e. The molecule has 1 amide bonds. The summed E-state index contributed by atoms with van der Waals surface area (Å²) in [6.07, 6.45) is -4.46. The van der Waals surface area contributed by atoms with Gasteiger partial charge in [-0.15, -0.1) is 5.48 Å². The number of hydrogen-bond acceptors (Lipinski definition) is 7. The van der Waals surface area contributed by atoms with Gasteiger partial charge in [-0.2, -0.15) is 13.2 Å². The Morgan fingerprint density at radius 3 is 2.20 bits per heavy atom. The molecule has 0 saturated carbocycles. The minimum atomic E-state index is -5.18. The Labute approximate surface area is 234 Å². The maximum absolute atomic E-state index is 13.2. The van der Waals surface area contributed by atoms with E-state index in [1.165, 1.54) is 12.1 Å². The topological polar surface area (TPSA) is 102 Å². The second-order valence-electron chi connectivity index (χ2n) is 10.1. The van der Waals surface area contributed by atoms with Crippen LogP contribution in [0.4, 0.5) is 13.2 Å². The van der Waals surface area contributed by atoms with Crippen LogP contribution in [-0.4, -0.2) is 56.8 Å². The molecule has 3 aromatic rings. The maximum Gasteiger partial charge on any atom is 0.490 e. The van der Waals surface area contributed by atoms with Gasteiger partial charge in [0.25, 0.3) is 5.91 Å². The third-order valence-electron chi connectivity index (χ3n) is 7.39. The predicted molar refractivity (Wildman–Crippen MR) is 142 cm³/mol. The number of amides is 1.